The number of nitro groups is 1. The van der Waals surface area contributed by atoms with Crippen LogP contribution in [-0.2, 0) is 0 Å². The first kappa shape index (κ1) is 17.1. The van der Waals surface area contributed by atoms with Gasteiger partial charge in [0.05, 0.1) is 4.92 Å². The lowest BCUT2D eigenvalue weighted by atomic mass is 9.88. The summed E-state index contributed by atoms with van der Waals surface area (Å²) in [6.07, 6.45) is 1.50. The van der Waals surface area contributed by atoms with Crippen molar-refractivity contribution >= 4 is 11.6 Å². The molecule has 0 saturated heterocycles. The van der Waals surface area contributed by atoms with Crippen molar-refractivity contribution in [3.8, 4) is 0 Å². The van der Waals surface area contributed by atoms with Crippen LogP contribution in [0.3, 0.4) is 0 Å². The van der Waals surface area contributed by atoms with Crippen molar-refractivity contribution in [1.82, 2.24) is 5.32 Å². The van der Waals surface area contributed by atoms with E-state index >= 15 is 0 Å². The van der Waals surface area contributed by atoms with Gasteiger partial charge in [-0.05, 0) is 37.3 Å². The molecule has 0 bridgehead atoms. The minimum absolute atomic E-state index is 0.00910. The van der Waals surface area contributed by atoms with Crippen molar-refractivity contribution in [2.24, 2.45) is 5.41 Å². The van der Waals surface area contributed by atoms with Crippen LogP contribution in [0.25, 0.3) is 0 Å². The Morgan fingerprint density at radius 2 is 2.10 bits per heavy atom. The fourth-order valence-corrected chi connectivity index (χ4v) is 2.07. The van der Waals surface area contributed by atoms with Gasteiger partial charge in [0.15, 0.2) is 0 Å². The molecule has 0 aliphatic heterocycles. The SMILES string of the molecule is Cc1cc(C(=O)NCC(C)(C)CCCO)ccc1[N+](=O)[O-]. The highest BCUT2D eigenvalue weighted by Gasteiger charge is 2.19. The van der Waals surface area contributed by atoms with Gasteiger partial charge in [0.2, 0.25) is 0 Å². The van der Waals surface area contributed by atoms with Gasteiger partial charge in [0.1, 0.15) is 0 Å². The number of aliphatic hydroxyl groups is 1. The monoisotopic (exact) mass is 294 g/mol. The van der Waals surface area contributed by atoms with Crippen LogP contribution in [0.2, 0.25) is 0 Å². The first-order chi connectivity index (χ1) is 9.76. The van der Waals surface area contributed by atoms with Crippen LogP contribution in [0.15, 0.2) is 18.2 Å². The van der Waals surface area contributed by atoms with E-state index in [1.807, 2.05) is 13.8 Å². The number of amides is 1. The van der Waals surface area contributed by atoms with Crippen LogP contribution in [0.4, 0.5) is 5.69 Å². The molecule has 0 heterocycles. The third-order valence-corrected chi connectivity index (χ3v) is 3.39. The van der Waals surface area contributed by atoms with E-state index in [-0.39, 0.29) is 23.6 Å². The first-order valence-corrected chi connectivity index (χ1v) is 6.91. The molecular formula is C15H22N2O4. The fourth-order valence-electron chi connectivity index (χ4n) is 2.07. The van der Waals surface area contributed by atoms with Crippen LogP contribution < -0.4 is 5.32 Å². The van der Waals surface area contributed by atoms with E-state index in [4.69, 9.17) is 5.11 Å². The minimum Gasteiger partial charge on any atom is -0.396 e. The molecule has 0 aliphatic carbocycles. The molecule has 6 heteroatoms. The van der Waals surface area contributed by atoms with Crippen LogP contribution in [-0.4, -0.2) is 29.1 Å². The summed E-state index contributed by atoms with van der Waals surface area (Å²) in [7, 11) is 0. The van der Waals surface area contributed by atoms with Gasteiger partial charge < -0.3 is 10.4 Å². The number of hydrogen-bond donors (Lipinski definition) is 2. The summed E-state index contributed by atoms with van der Waals surface area (Å²) in [4.78, 5) is 22.3. The molecule has 116 valence electrons. The number of rotatable bonds is 7. The predicted molar refractivity (Wildman–Crippen MR) is 80.3 cm³/mol. The normalized spacial score (nSPS) is 11.2. The summed E-state index contributed by atoms with van der Waals surface area (Å²) in [6, 6.07) is 4.33. The smallest absolute Gasteiger partial charge is 0.272 e. The lowest BCUT2D eigenvalue weighted by Crippen LogP contribution is -2.34. The highest BCUT2D eigenvalue weighted by atomic mass is 16.6. The molecule has 2 N–H and O–H groups in total. The van der Waals surface area contributed by atoms with Gasteiger partial charge in [0, 0.05) is 30.3 Å². The van der Waals surface area contributed by atoms with Gasteiger partial charge in [-0.25, -0.2) is 0 Å². The second kappa shape index (κ2) is 7.17. The summed E-state index contributed by atoms with van der Waals surface area (Å²) < 4.78 is 0. The van der Waals surface area contributed by atoms with Gasteiger partial charge in [-0.2, -0.15) is 0 Å². The van der Waals surface area contributed by atoms with E-state index in [2.05, 4.69) is 5.32 Å². The number of nitrogens with zero attached hydrogens (tertiary/aromatic N) is 1. The maximum Gasteiger partial charge on any atom is 0.272 e. The van der Waals surface area contributed by atoms with Crippen molar-refractivity contribution in [3.05, 3.63) is 39.4 Å². The highest BCUT2D eigenvalue weighted by Crippen LogP contribution is 2.22. The van der Waals surface area contributed by atoms with Crippen molar-refractivity contribution < 1.29 is 14.8 Å². The number of aliphatic hydroxyl groups excluding tert-OH is 1. The third-order valence-electron chi connectivity index (χ3n) is 3.39. The largest absolute Gasteiger partial charge is 0.396 e. The number of aryl methyl sites for hydroxylation is 1. The summed E-state index contributed by atoms with van der Waals surface area (Å²) in [5, 5.41) is 22.4. The van der Waals surface area contributed by atoms with E-state index in [0.717, 1.165) is 6.42 Å². The van der Waals surface area contributed by atoms with Gasteiger partial charge in [0.25, 0.3) is 11.6 Å². The predicted octanol–water partition coefficient (Wildman–Crippen LogP) is 2.43. The van der Waals surface area contributed by atoms with Crippen molar-refractivity contribution in [1.29, 1.82) is 0 Å². The molecule has 1 amide bonds. The average Bonchev–Trinajstić information content (AvgIpc) is 2.42. The Morgan fingerprint density at radius 3 is 2.62 bits per heavy atom. The zero-order chi connectivity index (χ0) is 16.0. The fraction of sp³-hybridized carbons (Fsp3) is 0.533. The van der Waals surface area contributed by atoms with E-state index < -0.39 is 4.92 Å². The van der Waals surface area contributed by atoms with Gasteiger partial charge >= 0.3 is 0 Å². The lowest BCUT2D eigenvalue weighted by Gasteiger charge is -2.24. The number of hydrogen-bond acceptors (Lipinski definition) is 4. The molecule has 0 fully saturated rings. The van der Waals surface area contributed by atoms with E-state index in [0.29, 0.717) is 24.1 Å². The van der Waals surface area contributed by atoms with Crippen molar-refractivity contribution in [3.63, 3.8) is 0 Å². The van der Waals surface area contributed by atoms with Crippen LogP contribution in [0.5, 0.6) is 0 Å². The van der Waals surface area contributed by atoms with Crippen LogP contribution in [0.1, 0.15) is 42.6 Å². The molecule has 0 aliphatic rings. The topological polar surface area (TPSA) is 92.5 Å². The molecule has 1 rings (SSSR count). The molecule has 21 heavy (non-hydrogen) atoms. The zero-order valence-electron chi connectivity index (χ0n) is 12.7. The average molecular weight is 294 g/mol. The molecule has 6 nitrogen and oxygen atoms in total. The standard InChI is InChI=1S/C15H22N2O4/c1-11-9-12(5-6-13(11)17(20)21)14(19)16-10-15(2,3)7-4-8-18/h5-6,9,18H,4,7-8,10H2,1-3H3,(H,16,19). The Bertz CT molecular complexity index is 526. The molecule has 0 aromatic heterocycles. The Kier molecular flexibility index (Phi) is 5.84. The third kappa shape index (κ3) is 5.15. The molecule has 0 radical (unpaired) electrons. The van der Waals surface area contributed by atoms with Crippen LogP contribution in [0, 0.1) is 22.5 Å². The molecular weight excluding hydrogens is 272 g/mol. The molecule has 0 unspecified atom stereocenters. The summed E-state index contributed by atoms with van der Waals surface area (Å²) in [6.45, 7) is 6.27. The number of nitro benzene ring substituents is 1. The number of carbonyl (C=O) groups excluding carboxylic acids is 1. The van der Waals surface area contributed by atoms with Crippen LogP contribution >= 0.6 is 0 Å². The Hall–Kier alpha value is -1.95. The van der Waals surface area contributed by atoms with E-state index in [1.54, 1.807) is 6.92 Å². The van der Waals surface area contributed by atoms with E-state index in [9.17, 15) is 14.9 Å². The number of benzene rings is 1. The Balaban J connectivity index is 2.68. The molecule has 1 aromatic rings. The van der Waals surface area contributed by atoms with Crippen molar-refractivity contribution in [2.45, 2.75) is 33.6 Å². The maximum atomic E-state index is 12.1. The summed E-state index contributed by atoms with van der Waals surface area (Å²) in [5.41, 5.74) is 0.784. The van der Waals surface area contributed by atoms with Crippen molar-refractivity contribution in [2.75, 3.05) is 13.2 Å². The number of carbonyl (C=O) groups is 1. The van der Waals surface area contributed by atoms with Gasteiger partial charge in [-0.1, -0.05) is 13.8 Å². The molecule has 0 spiro atoms. The first-order valence-electron chi connectivity index (χ1n) is 6.91. The number of nitrogens with one attached hydrogen (secondary N) is 1. The van der Waals surface area contributed by atoms with Gasteiger partial charge in [-0.15, -0.1) is 0 Å². The second-order valence-corrected chi connectivity index (χ2v) is 5.93. The zero-order valence-corrected chi connectivity index (χ0v) is 12.7. The second-order valence-electron chi connectivity index (χ2n) is 5.93. The quantitative estimate of drug-likeness (QED) is 0.596. The van der Waals surface area contributed by atoms with Gasteiger partial charge in [-0.3, -0.25) is 14.9 Å². The lowest BCUT2D eigenvalue weighted by molar-refractivity contribution is -0.385. The van der Waals surface area contributed by atoms with E-state index in [1.165, 1.54) is 18.2 Å². The highest BCUT2D eigenvalue weighted by molar-refractivity contribution is 5.94. The maximum absolute atomic E-state index is 12.1. The summed E-state index contributed by atoms with van der Waals surface area (Å²) >= 11 is 0. The Labute approximate surface area is 124 Å². The minimum atomic E-state index is -0.463. The molecule has 0 saturated carbocycles. The summed E-state index contributed by atoms with van der Waals surface area (Å²) in [5.74, 6) is -0.245. The molecule has 0 atom stereocenters. The Morgan fingerprint density at radius 1 is 1.43 bits per heavy atom. The molecule has 1 aromatic carbocycles.